The predicted octanol–water partition coefficient (Wildman–Crippen LogP) is 5.10. The minimum Gasteiger partial charge on any atom is -0.493 e. The van der Waals surface area contributed by atoms with Gasteiger partial charge in [-0.25, -0.2) is 23.5 Å². The molecule has 0 atom stereocenters. The van der Waals surface area contributed by atoms with Crippen molar-refractivity contribution in [1.29, 1.82) is 0 Å². The summed E-state index contributed by atoms with van der Waals surface area (Å²) in [5, 5.41) is 15.2. The number of fused-ring (bicyclic) bond motifs is 6. The van der Waals surface area contributed by atoms with Crippen LogP contribution in [0.15, 0.2) is 47.0 Å². The maximum Gasteiger partial charge on any atom is 0.437 e. The van der Waals surface area contributed by atoms with Crippen LogP contribution < -0.4 is 15.4 Å². The van der Waals surface area contributed by atoms with Crippen molar-refractivity contribution in [2.45, 2.75) is 18.6 Å². The summed E-state index contributed by atoms with van der Waals surface area (Å²) >= 11 is 0. The smallest absolute Gasteiger partial charge is 0.437 e. The number of carbonyl (C=O) groups is 1. The summed E-state index contributed by atoms with van der Waals surface area (Å²) in [5.41, 5.74) is 1.18. The number of pyridine rings is 2. The van der Waals surface area contributed by atoms with Gasteiger partial charge in [0.15, 0.2) is 0 Å². The Labute approximate surface area is 201 Å². The van der Waals surface area contributed by atoms with E-state index in [1.165, 1.54) is 30.5 Å². The van der Waals surface area contributed by atoms with Crippen molar-refractivity contribution in [3.63, 3.8) is 0 Å². The van der Waals surface area contributed by atoms with Gasteiger partial charge in [-0.15, -0.1) is 0 Å². The quantitative estimate of drug-likeness (QED) is 0.304. The molecule has 0 saturated carbocycles. The standard InChI is InChI=1S/C23H25F2N5O4S/c1-35(33,30-23(31)32)13-14-8-20-26-6-2-3-7-34-19-10-15(24)4-5-16(19)17-11-21(27-12-18(17)25)29-22(9-14)28-20/h4-5,8-12,35H,2-3,6-7,13H2,1H3,(H,30,33)(H,31,32)(H2,26,27,28,29). The lowest BCUT2D eigenvalue weighted by Gasteiger charge is -2.18. The number of aromatic nitrogens is 2. The van der Waals surface area contributed by atoms with Crippen LogP contribution in [0, 0.1) is 11.6 Å². The molecule has 186 valence electrons. The monoisotopic (exact) mass is 505 g/mol. The Bertz CT molecular complexity index is 1320. The van der Waals surface area contributed by atoms with E-state index >= 15 is 0 Å². The van der Waals surface area contributed by atoms with Crippen molar-refractivity contribution >= 4 is 33.7 Å². The summed E-state index contributed by atoms with van der Waals surface area (Å²) in [6.45, 7) is 0.861. The number of amides is 1. The van der Waals surface area contributed by atoms with Crippen molar-refractivity contribution in [2.24, 2.45) is 4.36 Å². The average Bonchev–Trinajstić information content (AvgIpc) is 2.76. The van der Waals surface area contributed by atoms with E-state index in [-0.39, 0.29) is 22.9 Å². The third-order valence-electron chi connectivity index (χ3n) is 5.15. The molecule has 1 aliphatic rings. The molecule has 0 unspecified atom stereocenters. The van der Waals surface area contributed by atoms with Crippen LogP contribution in [0.3, 0.4) is 0 Å². The number of hydrogen-bond donors (Lipinski definition) is 5. The SMILES string of the molecule is C[SH](O)(Cc1cc2nc(c1)Nc1cc(c(F)cn1)-c1ccc(F)cc1OCCCCN2)=NC(=O)O. The summed E-state index contributed by atoms with van der Waals surface area (Å²) in [5.74, 6) is 0.311. The molecule has 4 bridgehead atoms. The largest absolute Gasteiger partial charge is 0.493 e. The fourth-order valence-corrected chi connectivity index (χ4v) is 5.02. The third-order valence-corrected chi connectivity index (χ3v) is 6.71. The van der Waals surface area contributed by atoms with Crippen LogP contribution in [0.5, 0.6) is 5.75 Å². The third kappa shape index (κ3) is 6.49. The molecular formula is C23H25F2N5O4S. The Morgan fingerprint density at radius 2 is 1.94 bits per heavy atom. The van der Waals surface area contributed by atoms with Crippen molar-refractivity contribution in [1.82, 2.24) is 9.97 Å². The van der Waals surface area contributed by atoms with E-state index in [4.69, 9.17) is 9.84 Å². The number of carboxylic acid groups (broad SMARTS) is 1. The molecule has 4 N–H and O–H groups in total. The van der Waals surface area contributed by atoms with E-state index in [9.17, 15) is 18.1 Å². The first-order valence-electron chi connectivity index (χ1n) is 10.8. The fraction of sp³-hybridized carbons (Fsp3) is 0.261. The van der Waals surface area contributed by atoms with Gasteiger partial charge in [0.25, 0.3) is 0 Å². The second kappa shape index (κ2) is 10.3. The zero-order chi connectivity index (χ0) is 25.0. The van der Waals surface area contributed by atoms with Gasteiger partial charge in [-0.2, -0.15) is 4.36 Å². The number of hydrogen-bond acceptors (Lipinski definition) is 6. The van der Waals surface area contributed by atoms with Crippen LogP contribution in [0.2, 0.25) is 0 Å². The molecule has 9 nitrogen and oxygen atoms in total. The molecule has 1 amide bonds. The second-order valence-corrected chi connectivity index (χ2v) is 10.9. The van der Waals surface area contributed by atoms with Crippen molar-refractivity contribution in [3.8, 4) is 16.9 Å². The van der Waals surface area contributed by atoms with Gasteiger partial charge in [0.1, 0.15) is 34.8 Å². The average molecular weight is 506 g/mol. The Morgan fingerprint density at radius 1 is 1.14 bits per heavy atom. The minimum atomic E-state index is -3.10. The molecule has 35 heavy (non-hydrogen) atoms. The lowest BCUT2D eigenvalue weighted by atomic mass is 10.0. The maximum atomic E-state index is 14.7. The first-order valence-corrected chi connectivity index (χ1v) is 13.2. The van der Waals surface area contributed by atoms with E-state index in [0.717, 1.165) is 6.20 Å². The number of nitrogens with zero attached hydrogens (tertiary/aromatic N) is 3. The van der Waals surface area contributed by atoms with Crippen LogP contribution in [0.1, 0.15) is 18.4 Å². The van der Waals surface area contributed by atoms with Gasteiger partial charge in [-0.3, -0.25) is 0 Å². The molecule has 3 aromatic rings. The second-order valence-electron chi connectivity index (χ2n) is 8.17. The van der Waals surface area contributed by atoms with Gasteiger partial charge in [0.2, 0.25) is 0 Å². The summed E-state index contributed by atoms with van der Waals surface area (Å²) in [4.78, 5) is 19.6. The Hall–Kier alpha value is -3.64. The number of rotatable bonds is 2. The molecule has 0 aliphatic carbocycles. The summed E-state index contributed by atoms with van der Waals surface area (Å²) < 4.78 is 48.3. The van der Waals surface area contributed by atoms with Crippen LogP contribution in [-0.2, 0) is 15.9 Å². The fourth-order valence-electron chi connectivity index (χ4n) is 3.71. The molecule has 1 aliphatic heterocycles. The molecule has 0 spiro atoms. The lowest BCUT2D eigenvalue weighted by molar-refractivity contribution is 0.206. The molecule has 4 rings (SSSR count). The van der Waals surface area contributed by atoms with Crippen LogP contribution >= 0.6 is 0 Å². The number of anilines is 3. The highest BCUT2D eigenvalue weighted by Gasteiger charge is 2.16. The van der Waals surface area contributed by atoms with Crippen LogP contribution in [-0.4, -0.2) is 45.1 Å². The van der Waals surface area contributed by atoms with Crippen LogP contribution in [0.4, 0.5) is 31.0 Å². The van der Waals surface area contributed by atoms with Gasteiger partial charge < -0.3 is 25.0 Å². The molecule has 0 fully saturated rings. The Kier molecular flexibility index (Phi) is 7.22. The van der Waals surface area contributed by atoms with E-state index < -0.39 is 27.8 Å². The topological polar surface area (TPSA) is 129 Å². The van der Waals surface area contributed by atoms with Crippen LogP contribution in [0.25, 0.3) is 11.1 Å². The lowest BCUT2D eigenvalue weighted by Crippen LogP contribution is -2.14. The summed E-state index contributed by atoms with van der Waals surface area (Å²) in [6, 6.07) is 8.76. The molecular weight excluding hydrogens is 480 g/mol. The highest BCUT2D eigenvalue weighted by atomic mass is 32.3. The Morgan fingerprint density at radius 3 is 2.74 bits per heavy atom. The van der Waals surface area contributed by atoms with E-state index in [2.05, 4.69) is 25.0 Å². The maximum absolute atomic E-state index is 14.7. The number of thiol groups is 1. The molecule has 0 saturated heterocycles. The molecule has 2 aromatic heterocycles. The molecule has 3 heterocycles. The molecule has 1 aromatic carbocycles. The predicted molar refractivity (Wildman–Crippen MR) is 132 cm³/mol. The summed E-state index contributed by atoms with van der Waals surface area (Å²) in [7, 11) is -3.10. The number of halogens is 2. The first kappa shape index (κ1) is 24.5. The van der Waals surface area contributed by atoms with Gasteiger partial charge in [-0.05, 0) is 55.0 Å². The van der Waals surface area contributed by atoms with E-state index in [0.29, 0.717) is 48.8 Å². The van der Waals surface area contributed by atoms with Gasteiger partial charge in [-0.1, -0.05) is 10.1 Å². The minimum absolute atomic E-state index is 0.0278. The highest BCUT2D eigenvalue weighted by molar-refractivity contribution is 7.98. The molecule has 0 radical (unpaired) electrons. The van der Waals surface area contributed by atoms with Gasteiger partial charge in [0, 0.05) is 29.5 Å². The number of nitrogens with one attached hydrogen (secondary N) is 2. The van der Waals surface area contributed by atoms with Crippen molar-refractivity contribution in [2.75, 3.05) is 30.0 Å². The van der Waals surface area contributed by atoms with Crippen molar-refractivity contribution < 1.29 is 28.0 Å². The molecule has 12 heteroatoms. The van der Waals surface area contributed by atoms with E-state index in [1.54, 1.807) is 12.1 Å². The zero-order valence-electron chi connectivity index (χ0n) is 18.8. The zero-order valence-corrected chi connectivity index (χ0v) is 19.7. The van der Waals surface area contributed by atoms with Gasteiger partial charge >= 0.3 is 6.09 Å². The summed E-state index contributed by atoms with van der Waals surface area (Å²) in [6.07, 6.45) is 2.39. The first-order chi connectivity index (χ1) is 16.7. The van der Waals surface area contributed by atoms with Crippen molar-refractivity contribution in [3.05, 3.63) is 59.8 Å². The van der Waals surface area contributed by atoms with Gasteiger partial charge in [0.05, 0.1) is 12.8 Å². The highest BCUT2D eigenvalue weighted by Crippen LogP contribution is 2.34. The number of benzene rings is 1. The van der Waals surface area contributed by atoms with E-state index in [1.807, 2.05) is 0 Å². The number of ether oxygens (including phenoxy) is 1. The normalized spacial score (nSPS) is 14.2. The Balaban J connectivity index is 1.76.